The molecule has 0 unspecified atom stereocenters. The van der Waals surface area contributed by atoms with Gasteiger partial charge in [0.25, 0.3) is 5.91 Å². The molecule has 3 aliphatic rings. The van der Waals surface area contributed by atoms with Crippen molar-refractivity contribution in [1.82, 2.24) is 9.80 Å². The van der Waals surface area contributed by atoms with Crippen molar-refractivity contribution in [3.05, 3.63) is 52.2 Å². The van der Waals surface area contributed by atoms with E-state index in [1.807, 2.05) is 26.6 Å². The third kappa shape index (κ3) is 3.57. The van der Waals surface area contributed by atoms with Gasteiger partial charge in [-0.1, -0.05) is 6.07 Å². The van der Waals surface area contributed by atoms with Crippen LogP contribution in [-0.2, 0) is 9.59 Å². The van der Waals surface area contributed by atoms with Gasteiger partial charge in [-0.15, -0.1) is 11.3 Å². The molecule has 30 heavy (non-hydrogen) atoms. The number of fused-ring (bicyclic) bond motifs is 1. The standard InChI is InChI=1S/C22H22F2N2O3S/c23-14-1-2-16(19(24)7-14)17-8-18(17)22(28)25-9-13-3-5-26(20(13)10-25)21(27)11-29-15-4-6-30-12-15/h1-2,4,6-7,12-13,17-18,20H,3,5,8-11H2/t13-,17-,18+,20+/m0/s1. The van der Waals surface area contributed by atoms with Crippen molar-refractivity contribution in [2.24, 2.45) is 11.8 Å². The van der Waals surface area contributed by atoms with E-state index in [2.05, 4.69) is 0 Å². The second-order valence-corrected chi connectivity index (χ2v) is 9.09. The molecule has 0 N–H and O–H groups in total. The largest absolute Gasteiger partial charge is 0.483 e. The first-order valence-corrected chi connectivity index (χ1v) is 11.1. The maximum atomic E-state index is 14.0. The van der Waals surface area contributed by atoms with Gasteiger partial charge in [0.15, 0.2) is 6.61 Å². The summed E-state index contributed by atoms with van der Waals surface area (Å²) in [5.41, 5.74) is 0.413. The Labute approximate surface area is 177 Å². The number of thiophene rings is 1. The van der Waals surface area contributed by atoms with E-state index in [9.17, 15) is 18.4 Å². The molecule has 158 valence electrons. The smallest absolute Gasteiger partial charge is 0.260 e. The minimum atomic E-state index is -0.611. The molecule has 2 aromatic rings. The van der Waals surface area contributed by atoms with Gasteiger partial charge in [0.05, 0.1) is 6.04 Å². The summed E-state index contributed by atoms with van der Waals surface area (Å²) in [6.07, 6.45) is 1.46. The van der Waals surface area contributed by atoms with Crippen molar-refractivity contribution >= 4 is 23.2 Å². The number of carbonyl (C=O) groups is 2. The van der Waals surface area contributed by atoms with Crippen LogP contribution in [-0.4, -0.2) is 53.9 Å². The van der Waals surface area contributed by atoms with Crippen molar-refractivity contribution in [2.45, 2.75) is 24.8 Å². The molecule has 5 rings (SSSR count). The minimum Gasteiger partial charge on any atom is -0.483 e. The number of nitrogens with zero attached hydrogens (tertiary/aromatic N) is 2. The lowest BCUT2D eigenvalue weighted by Crippen LogP contribution is -2.43. The van der Waals surface area contributed by atoms with Gasteiger partial charge in [0.2, 0.25) is 5.91 Å². The maximum Gasteiger partial charge on any atom is 0.260 e. The Morgan fingerprint density at radius 3 is 2.83 bits per heavy atom. The molecule has 5 nitrogen and oxygen atoms in total. The van der Waals surface area contributed by atoms with E-state index in [4.69, 9.17) is 4.74 Å². The summed E-state index contributed by atoms with van der Waals surface area (Å²) >= 11 is 1.51. The van der Waals surface area contributed by atoms with Crippen molar-refractivity contribution in [3.8, 4) is 5.75 Å². The monoisotopic (exact) mass is 432 g/mol. The van der Waals surface area contributed by atoms with Gasteiger partial charge in [-0.2, -0.15) is 0 Å². The zero-order chi connectivity index (χ0) is 20.8. The molecule has 1 saturated carbocycles. The summed E-state index contributed by atoms with van der Waals surface area (Å²) in [6.45, 7) is 1.84. The molecule has 1 aliphatic carbocycles. The first-order valence-electron chi connectivity index (χ1n) is 10.2. The Bertz CT molecular complexity index is 967. The van der Waals surface area contributed by atoms with E-state index in [0.29, 0.717) is 37.4 Å². The van der Waals surface area contributed by atoms with Gasteiger partial charge in [-0.25, -0.2) is 8.78 Å². The fraction of sp³-hybridized carbons (Fsp3) is 0.455. The molecule has 2 saturated heterocycles. The van der Waals surface area contributed by atoms with Crippen molar-refractivity contribution in [1.29, 1.82) is 0 Å². The fourth-order valence-corrected chi connectivity index (χ4v) is 5.43. The summed E-state index contributed by atoms with van der Waals surface area (Å²) in [7, 11) is 0. The molecule has 3 heterocycles. The second-order valence-electron chi connectivity index (χ2n) is 8.31. The molecule has 0 spiro atoms. The summed E-state index contributed by atoms with van der Waals surface area (Å²) < 4.78 is 32.7. The number of benzene rings is 1. The summed E-state index contributed by atoms with van der Waals surface area (Å²) in [4.78, 5) is 29.3. The molecule has 2 aliphatic heterocycles. The molecular weight excluding hydrogens is 410 g/mol. The number of hydrogen-bond donors (Lipinski definition) is 0. The third-order valence-corrected chi connectivity index (χ3v) is 7.17. The predicted octanol–water partition coefficient (Wildman–Crippen LogP) is 3.27. The predicted molar refractivity (Wildman–Crippen MR) is 107 cm³/mol. The summed E-state index contributed by atoms with van der Waals surface area (Å²) in [5.74, 6) is -0.708. The number of amides is 2. The lowest BCUT2D eigenvalue weighted by atomic mass is 10.1. The number of halogens is 2. The lowest BCUT2D eigenvalue weighted by Gasteiger charge is -2.25. The van der Waals surface area contributed by atoms with Crippen LogP contribution in [0.5, 0.6) is 5.75 Å². The van der Waals surface area contributed by atoms with Crippen LogP contribution in [0.15, 0.2) is 35.0 Å². The molecule has 1 aromatic carbocycles. The Morgan fingerprint density at radius 1 is 1.20 bits per heavy atom. The van der Waals surface area contributed by atoms with E-state index >= 15 is 0 Å². The van der Waals surface area contributed by atoms with Gasteiger partial charge in [-0.3, -0.25) is 9.59 Å². The molecule has 2 amide bonds. The Morgan fingerprint density at radius 2 is 2.07 bits per heavy atom. The highest BCUT2D eigenvalue weighted by molar-refractivity contribution is 7.08. The molecule has 0 radical (unpaired) electrons. The van der Waals surface area contributed by atoms with Crippen LogP contribution >= 0.6 is 11.3 Å². The van der Waals surface area contributed by atoms with Crippen LogP contribution in [0.3, 0.4) is 0 Å². The van der Waals surface area contributed by atoms with Gasteiger partial charge in [0, 0.05) is 42.9 Å². The summed E-state index contributed by atoms with van der Waals surface area (Å²) in [5, 5.41) is 3.75. The van der Waals surface area contributed by atoms with Crippen molar-refractivity contribution in [3.63, 3.8) is 0 Å². The lowest BCUT2D eigenvalue weighted by molar-refractivity contribution is -0.136. The number of rotatable bonds is 5. The SMILES string of the molecule is O=C([C@@H]1C[C@H]1c1ccc(F)cc1F)N1C[C@@H]2CCN(C(=O)COc3ccsc3)[C@@H]2C1. The Balaban J connectivity index is 1.18. The number of ether oxygens (including phenoxy) is 1. The van der Waals surface area contributed by atoms with Crippen molar-refractivity contribution < 1.29 is 23.1 Å². The Kier molecular flexibility index (Phi) is 4.97. The van der Waals surface area contributed by atoms with Crippen LogP contribution in [0.4, 0.5) is 8.78 Å². The maximum absolute atomic E-state index is 14.0. The topological polar surface area (TPSA) is 49.9 Å². The van der Waals surface area contributed by atoms with Gasteiger partial charge < -0.3 is 14.5 Å². The quantitative estimate of drug-likeness (QED) is 0.729. The Hall–Kier alpha value is -2.48. The van der Waals surface area contributed by atoms with Gasteiger partial charge in [0.1, 0.15) is 17.4 Å². The van der Waals surface area contributed by atoms with Crippen molar-refractivity contribution in [2.75, 3.05) is 26.2 Å². The number of hydrogen-bond acceptors (Lipinski definition) is 4. The first kappa shape index (κ1) is 19.5. The van der Waals surface area contributed by atoms with E-state index in [-0.39, 0.29) is 42.2 Å². The van der Waals surface area contributed by atoms with Crippen LogP contribution in [0.25, 0.3) is 0 Å². The third-order valence-electron chi connectivity index (χ3n) is 6.51. The first-order chi connectivity index (χ1) is 14.5. The molecular formula is C22H22F2N2O3S. The van der Waals surface area contributed by atoms with Crippen LogP contribution in [0.1, 0.15) is 24.3 Å². The molecule has 4 atom stereocenters. The average Bonchev–Trinajstić information content (AvgIpc) is 3.07. The average molecular weight is 432 g/mol. The fourth-order valence-electron chi connectivity index (χ4n) is 4.86. The van der Waals surface area contributed by atoms with Crippen LogP contribution in [0, 0.1) is 23.5 Å². The van der Waals surface area contributed by atoms with Gasteiger partial charge >= 0.3 is 0 Å². The zero-order valence-electron chi connectivity index (χ0n) is 16.3. The zero-order valence-corrected chi connectivity index (χ0v) is 17.1. The van der Waals surface area contributed by atoms with Crippen LogP contribution < -0.4 is 4.74 Å². The normalized spacial score (nSPS) is 27.3. The molecule has 3 fully saturated rings. The van der Waals surface area contributed by atoms with E-state index in [1.54, 1.807) is 0 Å². The summed E-state index contributed by atoms with van der Waals surface area (Å²) in [6, 6.07) is 5.40. The minimum absolute atomic E-state index is 0.00242. The highest BCUT2D eigenvalue weighted by Crippen LogP contribution is 2.50. The molecule has 0 bridgehead atoms. The van der Waals surface area contributed by atoms with E-state index in [1.165, 1.54) is 23.5 Å². The highest BCUT2D eigenvalue weighted by atomic mass is 32.1. The molecule has 1 aromatic heterocycles. The van der Waals surface area contributed by atoms with E-state index in [0.717, 1.165) is 12.5 Å². The molecule has 8 heteroatoms. The van der Waals surface area contributed by atoms with Crippen LogP contribution in [0.2, 0.25) is 0 Å². The number of likely N-dealkylation sites (tertiary alicyclic amines) is 2. The second kappa shape index (κ2) is 7.65. The number of carbonyl (C=O) groups excluding carboxylic acids is 2. The van der Waals surface area contributed by atoms with E-state index < -0.39 is 11.6 Å². The van der Waals surface area contributed by atoms with Gasteiger partial charge in [-0.05, 0) is 41.8 Å². The highest BCUT2D eigenvalue weighted by Gasteiger charge is 2.51.